The first kappa shape index (κ1) is 11.5. The topological polar surface area (TPSA) is 64.9 Å². The average Bonchev–Trinajstić information content (AvgIpc) is 2.94. The summed E-state index contributed by atoms with van der Waals surface area (Å²) in [6, 6.07) is 0. The van der Waals surface area contributed by atoms with Crippen molar-refractivity contribution in [2.75, 3.05) is 12.3 Å². The zero-order valence-corrected chi connectivity index (χ0v) is 10.8. The smallest absolute Gasteiger partial charge is 0.227 e. The predicted octanol–water partition coefficient (Wildman–Crippen LogP) is 2.31. The molecule has 4 nitrogen and oxygen atoms in total. The van der Waals surface area contributed by atoms with Gasteiger partial charge in [0.25, 0.3) is 0 Å². The van der Waals surface area contributed by atoms with E-state index in [9.17, 15) is 0 Å². The summed E-state index contributed by atoms with van der Waals surface area (Å²) >= 11 is 1.94. The number of hydrogen-bond acceptors (Lipinski definition) is 5. The van der Waals surface area contributed by atoms with Gasteiger partial charge in [-0.15, -0.1) is 0 Å². The highest BCUT2D eigenvalue weighted by atomic mass is 32.2. The third-order valence-corrected chi connectivity index (χ3v) is 5.45. The Morgan fingerprint density at radius 2 is 2.29 bits per heavy atom. The van der Waals surface area contributed by atoms with Crippen LogP contribution in [-0.2, 0) is 6.42 Å². The Labute approximate surface area is 106 Å². The van der Waals surface area contributed by atoms with E-state index < -0.39 is 0 Å². The lowest BCUT2D eigenvalue weighted by Gasteiger charge is -2.39. The van der Waals surface area contributed by atoms with Gasteiger partial charge in [-0.05, 0) is 43.4 Å². The number of hydrogen-bond donors (Lipinski definition) is 1. The van der Waals surface area contributed by atoms with Crippen LogP contribution < -0.4 is 5.73 Å². The van der Waals surface area contributed by atoms with Gasteiger partial charge in [-0.1, -0.05) is 11.6 Å². The summed E-state index contributed by atoms with van der Waals surface area (Å²) in [4.78, 5) is 4.55. The van der Waals surface area contributed by atoms with E-state index in [4.69, 9.17) is 10.3 Å². The van der Waals surface area contributed by atoms with E-state index in [1.54, 1.807) is 0 Å². The van der Waals surface area contributed by atoms with Gasteiger partial charge >= 0.3 is 0 Å². The quantitative estimate of drug-likeness (QED) is 0.892. The molecule has 0 aromatic carbocycles. The van der Waals surface area contributed by atoms with Gasteiger partial charge in [0, 0.05) is 6.42 Å². The van der Waals surface area contributed by atoms with Crippen LogP contribution in [0.15, 0.2) is 4.52 Å². The number of nitrogens with zero attached hydrogens (tertiary/aromatic N) is 2. The van der Waals surface area contributed by atoms with Crippen molar-refractivity contribution in [2.45, 2.75) is 43.8 Å². The lowest BCUT2D eigenvalue weighted by molar-refractivity contribution is 0.129. The lowest BCUT2D eigenvalue weighted by atomic mass is 9.67. The molecule has 94 valence electrons. The first-order valence-corrected chi connectivity index (χ1v) is 7.50. The van der Waals surface area contributed by atoms with Crippen LogP contribution >= 0.6 is 11.8 Å². The maximum atomic E-state index is 5.85. The molecule has 0 spiro atoms. The van der Waals surface area contributed by atoms with Crippen LogP contribution in [0.1, 0.15) is 49.1 Å². The Morgan fingerprint density at radius 3 is 2.88 bits per heavy atom. The van der Waals surface area contributed by atoms with E-state index >= 15 is 0 Å². The molecule has 0 bridgehead atoms. The highest BCUT2D eigenvalue weighted by Gasteiger charge is 2.37. The number of aromatic nitrogens is 2. The molecule has 2 aliphatic rings. The second-order valence-electron chi connectivity index (χ2n) is 5.28. The summed E-state index contributed by atoms with van der Waals surface area (Å²) in [6.07, 6.45) is 7.03. The molecule has 0 amide bonds. The average molecular weight is 253 g/mol. The molecule has 1 aromatic heterocycles. The van der Waals surface area contributed by atoms with Gasteiger partial charge in [-0.2, -0.15) is 16.7 Å². The van der Waals surface area contributed by atoms with Crippen LogP contribution in [0.25, 0.3) is 0 Å². The molecule has 5 heteroatoms. The predicted molar refractivity (Wildman–Crippen MR) is 67.8 cm³/mol. The van der Waals surface area contributed by atoms with Crippen molar-refractivity contribution in [3.63, 3.8) is 0 Å². The van der Waals surface area contributed by atoms with Crippen LogP contribution in [-0.4, -0.2) is 22.4 Å². The molecular weight excluding hydrogens is 234 g/mol. The van der Waals surface area contributed by atoms with Crippen molar-refractivity contribution in [3.8, 4) is 0 Å². The maximum absolute atomic E-state index is 5.85. The van der Waals surface area contributed by atoms with Crippen molar-refractivity contribution in [1.82, 2.24) is 10.1 Å². The molecule has 1 aliphatic carbocycles. The molecule has 1 unspecified atom stereocenters. The summed E-state index contributed by atoms with van der Waals surface area (Å²) in [5, 5.41) is 4.59. The van der Waals surface area contributed by atoms with Crippen molar-refractivity contribution in [3.05, 3.63) is 11.7 Å². The molecule has 0 radical (unpaired) electrons. The fourth-order valence-electron chi connectivity index (χ4n) is 2.70. The van der Waals surface area contributed by atoms with Gasteiger partial charge in [0.05, 0.1) is 5.25 Å². The first-order valence-electron chi connectivity index (χ1n) is 6.45. The van der Waals surface area contributed by atoms with Crippen molar-refractivity contribution >= 4 is 11.8 Å². The highest BCUT2D eigenvalue weighted by Crippen LogP contribution is 2.43. The molecule has 2 heterocycles. The van der Waals surface area contributed by atoms with E-state index in [0.717, 1.165) is 24.7 Å². The Morgan fingerprint density at radius 1 is 1.41 bits per heavy atom. The van der Waals surface area contributed by atoms with Gasteiger partial charge in [0.2, 0.25) is 5.89 Å². The minimum Gasteiger partial charge on any atom is -0.339 e. The number of rotatable bonds is 4. The maximum Gasteiger partial charge on any atom is 0.227 e. The van der Waals surface area contributed by atoms with Gasteiger partial charge in [-0.25, -0.2) is 0 Å². The van der Waals surface area contributed by atoms with E-state index in [-0.39, 0.29) is 5.41 Å². The Hall–Kier alpha value is -0.550. The van der Waals surface area contributed by atoms with Crippen LogP contribution in [0.3, 0.4) is 0 Å². The van der Waals surface area contributed by atoms with E-state index in [0.29, 0.717) is 5.25 Å². The zero-order valence-electron chi connectivity index (χ0n) is 10.0. The SMILES string of the molecule is NCC1(Cc2nc(C3CCCS3)no2)CCC1. The summed E-state index contributed by atoms with van der Waals surface area (Å²) in [7, 11) is 0. The van der Waals surface area contributed by atoms with E-state index in [1.807, 2.05) is 11.8 Å². The Bertz CT molecular complexity index is 377. The van der Waals surface area contributed by atoms with Gasteiger partial charge in [0.15, 0.2) is 5.82 Å². The van der Waals surface area contributed by atoms with Crippen LogP contribution in [0.4, 0.5) is 0 Å². The fraction of sp³-hybridized carbons (Fsp3) is 0.833. The van der Waals surface area contributed by atoms with Gasteiger partial charge in [-0.3, -0.25) is 0 Å². The third-order valence-electron chi connectivity index (χ3n) is 4.07. The summed E-state index contributed by atoms with van der Waals surface area (Å²) in [5.41, 5.74) is 6.11. The zero-order chi connectivity index (χ0) is 11.7. The molecular formula is C12H19N3OS. The van der Waals surface area contributed by atoms with Gasteiger partial charge < -0.3 is 10.3 Å². The standard InChI is InChI=1S/C12H19N3OS/c13-8-12(4-2-5-12)7-10-14-11(15-16-10)9-3-1-6-17-9/h9H,1-8,13H2. The highest BCUT2D eigenvalue weighted by molar-refractivity contribution is 7.99. The third kappa shape index (κ3) is 2.22. The Kier molecular flexibility index (Phi) is 3.13. The summed E-state index contributed by atoms with van der Waals surface area (Å²) in [6.45, 7) is 0.739. The molecule has 17 heavy (non-hydrogen) atoms. The molecule has 1 aromatic rings. The van der Waals surface area contributed by atoms with Crippen molar-refractivity contribution in [1.29, 1.82) is 0 Å². The molecule has 3 rings (SSSR count). The van der Waals surface area contributed by atoms with Crippen LogP contribution in [0.2, 0.25) is 0 Å². The van der Waals surface area contributed by atoms with E-state index in [2.05, 4.69) is 10.1 Å². The monoisotopic (exact) mass is 253 g/mol. The second kappa shape index (κ2) is 4.61. The fourth-order valence-corrected chi connectivity index (χ4v) is 3.90. The molecule has 2 N–H and O–H groups in total. The molecule has 1 aliphatic heterocycles. The number of nitrogens with two attached hydrogens (primary N) is 1. The van der Waals surface area contributed by atoms with Crippen LogP contribution in [0.5, 0.6) is 0 Å². The summed E-state index contributed by atoms with van der Waals surface area (Å²) in [5.74, 6) is 2.91. The Balaban J connectivity index is 1.67. The van der Waals surface area contributed by atoms with Crippen molar-refractivity contribution in [2.24, 2.45) is 11.1 Å². The lowest BCUT2D eigenvalue weighted by Crippen LogP contribution is -2.39. The van der Waals surface area contributed by atoms with Gasteiger partial charge in [0.1, 0.15) is 0 Å². The molecule has 1 saturated carbocycles. The normalized spacial score (nSPS) is 27.0. The minimum atomic E-state index is 0.257. The minimum absolute atomic E-state index is 0.257. The van der Waals surface area contributed by atoms with Crippen molar-refractivity contribution < 1.29 is 4.52 Å². The van der Waals surface area contributed by atoms with Crippen LogP contribution in [0, 0.1) is 5.41 Å². The second-order valence-corrected chi connectivity index (χ2v) is 6.59. The summed E-state index contributed by atoms with van der Waals surface area (Å²) < 4.78 is 5.38. The number of thioether (sulfide) groups is 1. The molecule has 2 fully saturated rings. The molecule has 1 saturated heterocycles. The molecule has 1 atom stereocenters. The van der Waals surface area contributed by atoms with E-state index in [1.165, 1.54) is 37.9 Å². The largest absolute Gasteiger partial charge is 0.339 e. The first-order chi connectivity index (χ1) is 8.31.